The summed E-state index contributed by atoms with van der Waals surface area (Å²) < 4.78 is 3.27. The molecule has 2 aromatic rings. The number of nitrogens with one attached hydrogen (secondary N) is 1. The van der Waals surface area contributed by atoms with Crippen LogP contribution in [-0.4, -0.2) is 16.1 Å². The minimum Gasteiger partial charge on any atom is -0.325 e. The molecule has 0 aliphatic carbocycles. The number of halogens is 1. The maximum atomic E-state index is 4.68. The van der Waals surface area contributed by atoms with E-state index in [9.17, 15) is 0 Å². The topological polar surface area (TPSA) is 29.9 Å². The van der Waals surface area contributed by atoms with Gasteiger partial charge in [0.05, 0.1) is 5.69 Å². The van der Waals surface area contributed by atoms with Crippen molar-refractivity contribution >= 4 is 15.9 Å². The third-order valence-corrected chi connectivity index (χ3v) is 4.30. The normalized spacial score (nSPS) is 14.7. The zero-order chi connectivity index (χ0) is 13.4. The first kappa shape index (κ1) is 12.9. The molecule has 0 spiro atoms. The minimum absolute atomic E-state index is 0.569. The van der Waals surface area contributed by atoms with Crippen LogP contribution in [0.2, 0.25) is 0 Å². The zero-order valence-electron chi connectivity index (χ0n) is 11.3. The van der Waals surface area contributed by atoms with Gasteiger partial charge in [0.15, 0.2) is 0 Å². The van der Waals surface area contributed by atoms with Crippen molar-refractivity contribution in [2.45, 2.75) is 32.9 Å². The fraction of sp³-hybridized carbons (Fsp3) is 0.400. The Hall–Kier alpha value is -1.13. The Morgan fingerprint density at radius 1 is 1.26 bits per heavy atom. The molecule has 1 aliphatic heterocycles. The van der Waals surface area contributed by atoms with Gasteiger partial charge in [0.2, 0.25) is 0 Å². The highest BCUT2D eigenvalue weighted by Crippen LogP contribution is 2.28. The van der Waals surface area contributed by atoms with Crippen molar-refractivity contribution in [2.24, 2.45) is 0 Å². The van der Waals surface area contributed by atoms with Gasteiger partial charge in [0, 0.05) is 25.2 Å². The summed E-state index contributed by atoms with van der Waals surface area (Å²) in [6.07, 6.45) is 0. The van der Waals surface area contributed by atoms with E-state index >= 15 is 0 Å². The summed E-state index contributed by atoms with van der Waals surface area (Å²) in [5.74, 6) is 1.64. The fourth-order valence-electron chi connectivity index (χ4n) is 2.50. The van der Waals surface area contributed by atoms with Gasteiger partial charge in [-0.05, 0) is 27.4 Å². The van der Waals surface area contributed by atoms with Crippen molar-refractivity contribution in [1.82, 2.24) is 14.9 Å². The van der Waals surface area contributed by atoms with Gasteiger partial charge < -0.3 is 9.88 Å². The predicted octanol–water partition coefficient (Wildman–Crippen LogP) is 3.54. The Morgan fingerprint density at radius 3 is 2.68 bits per heavy atom. The number of benzene rings is 1. The van der Waals surface area contributed by atoms with Crippen molar-refractivity contribution in [3.05, 3.63) is 40.1 Å². The number of hydrogen-bond donors (Lipinski definition) is 1. The maximum Gasteiger partial charge on any atom is 0.141 e. The highest BCUT2D eigenvalue weighted by atomic mass is 79.9. The van der Waals surface area contributed by atoms with Crippen LogP contribution in [-0.2, 0) is 13.1 Å². The van der Waals surface area contributed by atoms with Crippen LogP contribution in [0.5, 0.6) is 0 Å². The minimum atomic E-state index is 0.569. The first-order valence-corrected chi connectivity index (χ1v) is 7.52. The third kappa shape index (κ3) is 2.35. The largest absolute Gasteiger partial charge is 0.325 e. The van der Waals surface area contributed by atoms with Gasteiger partial charge in [-0.1, -0.05) is 38.1 Å². The van der Waals surface area contributed by atoms with Crippen molar-refractivity contribution in [3.63, 3.8) is 0 Å². The smallest absolute Gasteiger partial charge is 0.141 e. The van der Waals surface area contributed by atoms with Crippen molar-refractivity contribution in [3.8, 4) is 11.4 Å². The molecule has 1 aromatic heterocycles. The van der Waals surface area contributed by atoms with Gasteiger partial charge >= 0.3 is 0 Å². The van der Waals surface area contributed by atoms with Gasteiger partial charge in [-0.3, -0.25) is 0 Å². The monoisotopic (exact) mass is 319 g/mol. The van der Waals surface area contributed by atoms with E-state index in [1.54, 1.807) is 0 Å². The average Bonchev–Trinajstić information content (AvgIpc) is 2.77. The molecule has 0 unspecified atom stereocenters. The number of imidazole rings is 1. The summed E-state index contributed by atoms with van der Waals surface area (Å²) in [5, 5.41) is 3.38. The molecular formula is C15H18BrN3. The van der Waals surface area contributed by atoms with Crippen LogP contribution >= 0.6 is 15.9 Å². The molecule has 0 bridgehead atoms. The molecule has 1 aromatic carbocycles. The molecule has 4 heteroatoms. The van der Waals surface area contributed by atoms with Gasteiger partial charge in [0.1, 0.15) is 10.4 Å². The van der Waals surface area contributed by atoms with E-state index in [4.69, 9.17) is 0 Å². The molecule has 0 saturated heterocycles. The highest BCUT2D eigenvalue weighted by Gasteiger charge is 2.19. The Bertz CT molecular complexity index is 584. The summed E-state index contributed by atoms with van der Waals surface area (Å²) in [4.78, 5) is 4.68. The summed E-state index contributed by atoms with van der Waals surface area (Å²) in [7, 11) is 0. The number of fused-ring (bicyclic) bond motifs is 1. The summed E-state index contributed by atoms with van der Waals surface area (Å²) in [6, 6.07) is 8.77. The van der Waals surface area contributed by atoms with Crippen LogP contribution in [0.25, 0.3) is 11.4 Å². The Kier molecular flexibility index (Phi) is 3.46. The molecule has 0 radical (unpaired) electrons. The standard InChI is InChI=1S/C15H18BrN3/c1-10(2)11-3-5-12(6-4-11)15-18-14(16)13-9-17-7-8-19(13)15/h3-6,10,17H,7-9H2,1-2H3. The van der Waals surface area contributed by atoms with E-state index in [0.717, 1.165) is 30.1 Å². The van der Waals surface area contributed by atoms with Crippen LogP contribution in [0, 0.1) is 0 Å². The Labute approximate surface area is 122 Å². The van der Waals surface area contributed by atoms with Crippen molar-refractivity contribution < 1.29 is 0 Å². The molecule has 3 nitrogen and oxygen atoms in total. The summed E-state index contributed by atoms with van der Waals surface area (Å²) >= 11 is 3.57. The predicted molar refractivity (Wildman–Crippen MR) is 81.2 cm³/mol. The lowest BCUT2D eigenvalue weighted by Gasteiger charge is -2.18. The van der Waals surface area contributed by atoms with E-state index in [1.165, 1.54) is 16.8 Å². The fourth-order valence-corrected chi connectivity index (χ4v) is 3.02. The number of nitrogens with zero attached hydrogens (tertiary/aromatic N) is 2. The van der Waals surface area contributed by atoms with Crippen LogP contribution in [0.4, 0.5) is 0 Å². The molecule has 1 aliphatic rings. The Morgan fingerprint density at radius 2 is 2.00 bits per heavy atom. The molecule has 0 atom stereocenters. The molecule has 2 heterocycles. The quantitative estimate of drug-likeness (QED) is 0.917. The summed E-state index contributed by atoms with van der Waals surface area (Å²) in [6.45, 7) is 7.31. The van der Waals surface area contributed by atoms with Crippen LogP contribution < -0.4 is 5.32 Å². The van der Waals surface area contributed by atoms with Gasteiger partial charge in [-0.25, -0.2) is 4.98 Å². The average molecular weight is 320 g/mol. The second-order valence-corrected chi connectivity index (χ2v) is 6.03. The first-order chi connectivity index (χ1) is 9.16. The van der Waals surface area contributed by atoms with E-state index < -0.39 is 0 Å². The molecule has 100 valence electrons. The molecule has 1 N–H and O–H groups in total. The molecule has 0 amide bonds. The first-order valence-electron chi connectivity index (χ1n) is 6.73. The SMILES string of the molecule is CC(C)c1ccc(-c2nc(Br)c3n2CCNC3)cc1. The number of hydrogen-bond acceptors (Lipinski definition) is 2. The lowest BCUT2D eigenvalue weighted by atomic mass is 10.0. The molecular weight excluding hydrogens is 302 g/mol. The van der Waals surface area contributed by atoms with Crippen LogP contribution in [0.3, 0.4) is 0 Å². The van der Waals surface area contributed by atoms with Crippen molar-refractivity contribution in [2.75, 3.05) is 6.54 Å². The molecule has 0 fully saturated rings. The van der Waals surface area contributed by atoms with E-state index in [1.807, 2.05) is 0 Å². The van der Waals surface area contributed by atoms with E-state index in [2.05, 4.69) is 68.9 Å². The second-order valence-electron chi connectivity index (χ2n) is 5.28. The second kappa shape index (κ2) is 5.10. The third-order valence-electron chi connectivity index (χ3n) is 3.66. The van der Waals surface area contributed by atoms with Crippen LogP contribution in [0.1, 0.15) is 31.0 Å². The lowest BCUT2D eigenvalue weighted by Crippen LogP contribution is -2.28. The van der Waals surface area contributed by atoms with E-state index in [-0.39, 0.29) is 0 Å². The van der Waals surface area contributed by atoms with Gasteiger partial charge in [0.25, 0.3) is 0 Å². The number of aromatic nitrogens is 2. The number of rotatable bonds is 2. The van der Waals surface area contributed by atoms with Crippen molar-refractivity contribution in [1.29, 1.82) is 0 Å². The highest BCUT2D eigenvalue weighted by molar-refractivity contribution is 9.10. The molecule has 19 heavy (non-hydrogen) atoms. The molecule has 0 saturated carbocycles. The summed E-state index contributed by atoms with van der Waals surface area (Å²) in [5.41, 5.74) is 3.81. The van der Waals surface area contributed by atoms with Crippen LogP contribution in [0.15, 0.2) is 28.9 Å². The maximum absolute atomic E-state index is 4.68. The Balaban J connectivity index is 2.02. The van der Waals surface area contributed by atoms with E-state index in [0.29, 0.717) is 5.92 Å². The zero-order valence-corrected chi connectivity index (χ0v) is 12.9. The molecule has 3 rings (SSSR count). The van der Waals surface area contributed by atoms with Gasteiger partial charge in [-0.2, -0.15) is 0 Å². The lowest BCUT2D eigenvalue weighted by molar-refractivity contribution is 0.518. The van der Waals surface area contributed by atoms with Gasteiger partial charge in [-0.15, -0.1) is 0 Å².